The van der Waals surface area contributed by atoms with Crippen LogP contribution in [0.25, 0.3) is 0 Å². The molecule has 1 aromatic carbocycles. The van der Waals surface area contributed by atoms with Gasteiger partial charge in [0, 0.05) is 25.0 Å². The third-order valence-corrected chi connectivity index (χ3v) is 3.60. The van der Waals surface area contributed by atoms with Crippen molar-refractivity contribution in [2.45, 2.75) is 44.6 Å². The summed E-state index contributed by atoms with van der Waals surface area (Å²) in [6, 6.07) is 7.90. The van der Waals surface area contributed by atoms with Crippen LogP contribution in [-0.4, -0.2) is 17.9 Å². The number of hydrogen-bond donors (Lipinski definition) is 2. The van der Waals surface area contributed by atoms with Crippen LogP contribution in [0.5, 0.6) is 0 Å². The average Bonchev–Trinajstić information content (AvgIpc) is 2.43. The second-order valence-corrected chi connectivity index (χ2v) is 5.26. The van der Waals surface area contributed by atoms with Gasteiger partial charge in [-0.05, 0) is 31.9 Å². The molecule has 20 heavy (non-hydrogen) atoms. The van der Waals surface area contributed by atoms with E-state index in [9.17, 15) is 4.79 Å². The van der Waals surface area contributed by atoms with Crippen LogP contribution in [0.4, 0.5) is 5.69 Å². The van der Waals surface area contributed by atoms with Crippen molar-refractivity contribution in [2.24, 2.45) is 0 Å². The Bertz CT molecular complexity index is 437. The molecule has 1 aliphatic carbocycles. The van der Waals surface area contributed by atoms with Gasteiger partial charge in [0.2, 0.25) is 0 Å². The molecule has 0 radical (unpaired) electrons. The van der Waals surface area contributed by atoms with Gasteiger partial charge in [-0.1, -0.05) is 24.1 Å². The maximum Gasteiger partial charge on any atom is 0.285 e. The lowest BCUT2D eigenvalue weighted by Crippen LogP contribution is -2.78. The zero-order valence-electron chi connectivity index (χ0n) is 11.9. The summed E-state index contributed by atoms with van der Waals surface area (Å²) in [5, 5.41) is 11.2. The summed E-state index contributed by atoms with van der Waals surface area (Å²) < 4.78 is 0. The number of anilines is 1. The first-order valence-corrected chi connectivity index (χ1v) is 6.81. The number of benzene rings is 1. The monoisotopic (exact) mass is 278 g/mol. The minimum atomic E-state index is -0.500. The second kappa shape index (κ2) is 7.65. The molecular weight excluding hydrogens is 256 g/mol. The smallest absolute Gasteiger partial charge is 0.285 e. The molecule has 1 aliphatic rings. The minimum Gasteiger partial charge on any atom is -0.554 e. The van der Waals surface area contributed by atoms with Gasteiger partial charge in [-0.25, -0.2) is 0 Å². The van der Waals surface area contributed by atoms with E-state index in [1.807, 2.05) is 31.2 Å². The number of aryl methyl sites for hydroxylation is 1. The fraction of sp³-hybridized carbons (Fsp3) is 0.467. The normalized spacial score (nSPS) is 16.5. The molecule has 1 aromatic rings. The van der Waals surface area contributed by atoms with Gasteiger partial charge in [-0.3, -0.25) is 4.79 Å². The van der Waals surface area contributed by atoms with E-state index in [-0.39, 0.29) is 5.91 Å². The molecule has 1 saturated carbocycles. The molecule has 2 rings (SSSR count). The maximum absolute atomic E-state index is 12.2. The first kappa shape index (κ1) is 16.2. The van der Waals surface area contributed by atoms with Gasteiger partial charge >= 0.3 is 0 Å². The molecule has 0 aromatic heterocycles. The Morgan fingerprint density at radius 1 is 1.25 bits per heavy atom. The summed E-state index contributed by atoms with van der Waals surface area (Å²) in [6.07, 6.45) is 5.28. The Morgan fingerprint density at radius 3 is 2.25 bits per heavy atom. The lowest BCUT2D eigenvalue weighted by molar-refractivity contribution is -0.463. The number of hydrogen-bond acceptors (Lipinski definition) is 3. The molecule has 1 fully saturated rings. The molecular formula is C15H22N2O3. The van der Waals surface area contributed by atoms with Crippen LogP contribution in [-0.2, 0) is 9.59 Å². The molecule has 4 N–H and O–H groups in total. The topological polar surface area (TPSA) is 96.9 Å². The molecule has 0 saturated heterocycles. The number of carboxylic acid groups (broad SMARTS) is 1. The van der Waals surface area contributed by atoms with Crippen LogP contribution in [0.3, 0.4) is 0 Å². The van der Waals surface area contributed by atoms with Crippen LogP contribution >= 0.6 is 0 Å². The molecule has 1 amide bonds. The van der Waals surface area contributed by atoms with E-state index in [0.29, 0.717) is 0 Å². The van der Waals surface area contributed by atoms with Crippen molar-refractivity contribution in [3.8, 4) is 0 Å². The summed E-state index contributed by atoms with van der Waals surface area (Å²) in [5.74, 6) is 0.0704. The van der Waals surface area contributed by atoms with Crippen molar-refractivity contribution < 1.29 is 20.4 Å². The number of carbonyl (C=O) groups is 2. The summed E-state index contributed by atoms with van der Waals surface area (Å²) >= 11 is 0. The predicted molar refractivity (Wildman–Crippen MR) is 74.6 cm³/mol. The van der Waals surface area contributed by atoms with Gasteiger partial charge in [0.25, 0.3) is 5.91 Å². The predicted octanol–water partition coefficient (Wildman–Crippen LogP) is 0.244. The summed E-state index contributed by atoms with van der Waals surface area (Å²) in [7, 11) is 0. The van der Waals surface area contributed by atoms with Gasteiger partial charge in [-0.15, -0.1) is 0 Å². The highest BCUT2D eigenvalue weighted by atomic mass is 16.3. The molecule has 0 spiro atoms. The van der Waals surface area contributed by atoms with E-state index >= 15 is 0 Å². The number of quaternary nitrogens is 1. The van der Waals surface area contributed by atoms with Crippen molar-refractivity contribution in [1.82, 2.24) is 0 Å². The molecule has 0 atom stereocenters. The Balaban J connectivity index is 0.000000612. The van der Waals surface area contributed by atoms with Gasteiger partial charge in [0.15, 0.2) is 5.54 Å². The number of rotatable bonds is 2. The molecule has 5 nitrogen and oxygen atoms in total. The maximum atomic E-state index is 12.2. The molecule has 0 aliphatic heterocycles. The highest BCUT2D eigenvalue weighted by molar-refractivity contribution is 5.96. The third-order valence-electron chi connectivity index (χ3n) is 3.60. The minimum absolute atomic E-state index is 0.0704. The molecule has 0 unspecified atom stereocenters. The van der Waals surface area contributed by atoms with Crippen molar-refractivity contribution in [1.29, 1.82) is 0 Å². The Labute approximate surface area is 119 Å². The van der Waals surface area contributed by atoms with Crippen molar-refractivity contribution in [2.75, 3.05) is 5.32 Å². The van der Waals surface area contributed by atoms with Gasteiger partial charge in [0.1, 0.15) is 0 Å². The fourth-order valence-electron chi connectivity index (χ4n) is 2.36. The van der Waals surface area contributed by atoms with Gasteiger partial charge < -0.3 is 21.0 Å². The molecule has 5 heteroatoms. The van der Waals surface area contributed by atoms with Crippen molar-refractivity contribution >= 4 is 18.1 Å². The lowest BCUT2D eigenvalue weighted by Gasteiger charge is -2.28. The summed E-state index contributed by atoms with van der Waals surface area (Å²) in [5.41, 5.74) is 5.79. The average molecular weight is 278 g/mol. The van der Waals surface area contributed by atoms with E-state index in [2.05, 4.69) is 11.1 Å². The standard InChI is InChI=1S/C14H20N2O.CH2O2/c1-11-5-7-12(8-6-11)16-13(17)14(15)9-3-2-4-10-14;2-1-3/h5-8H,2-4,9-10,15H2,1H3,(H,16,17);1H,(H,2,3). The number of amides is 1. The quantitative estimate of drug-likeness (QED) is 0.758. The first-order chi connectivity index (χ1) is 9.51. The molecule has 0 bridgehead atoms. The van der Waals surface area contributed by atoms with Gasteiger partial charge in [-0.2, -0.15) is 0 Å². The van der Waals surface area contributed by atoms with Crippen LogP contribution < -0.4 is 16.2 Å². The Kier molecular flexibility index (Phi) is 6.18. The highest BCUT2D eigenvalue weighted by Gasteiger charge is 2.39. The highest BCUT2D eigenvalue weighted by Crippen LogP contribution is 2.25. The van der Waals surface area contributed by atoms with Crippen molar-refractivity contribution in [3.63, 3.8) is 0 Å². The van der Waals surface area contributed by atoms with E-state index in [1.54, 1.807) is 0 Å². The second-order valence-electron chi connectivity index (χ2n) is 5.26. The first-order valence-electron chi connectivity index (χ1n) is 6.81. The van der Waals surface area contributed by atoms with E-state index < -0.39 is 12.0 Å². The molecule has 0 heterocycles. The largest absolute Gasteiger partial charge is 0.554 e. The summed E-state index contributed by atoms with van der Waals surface area (Å²) in [6.45, 7) is 1.54. The summed E-state index contributed by atoms with van der Waals surface area (Å²) in [4.78, 5) is 20.5. The number of carbonyl (C=O) groups excluding carboxylic acids is 2. The van der Waals surface area contributed by atoms with E-state index in [0.717, 1.165) is 31.4 Å². The van der Waals surface area contributed by atoms with Crippen LogP contribution in [0.2, 0.25) is 0 Å². The SMILES string of the molecule is Cc1ccc(NC(=O)C2([NH3+])CCCCC2)cc1.O=C[O-]. The Morgan fingerprint density at radius 2 is 1.75 bits per heavy atom. The zero-order valence-corrected chi connectivity index (χ0v) is 11.9. The van der Waals surface area contributed by atoms with E-state index in [1.165, 1.54) is 12.0 Å². The zero-order chi connectivity index (χ0) is 15.0. The van der Waals surface area contributed by atoms with Gasteiger partial charge in [0.05, 0.1) is 0 Å². The number of nitrogens with one attached hydrogen (secondary N) is 1. The van der Waals surface area contributed by atoms with Crippen LogP contribution in [0.1, 0.15) is 37.7 Å². The third kappa shape index (κ3) is 4.66. The fourth-order valence-corrected chi connectivity index (χ4v) is 2.36. The Hall–Kier alpha value is -1.88. The van der Waals surface area contributed by atoms with E-state index in [4.69, 9.17) is 9.90 Å². The lowest BCUT2D eigenvalue weighted by atomic mass is 9.82. The van der Waals surface area contributed by atoms with Crippen LogP contribution in [0, 0.1) is 6.92 Å². The molecule has 110 valence electrons. The van der Waals surface area contributed by atoms with Crippen LogP contribution in [0.15, 0.2) is 24.3 Å². The van der Waals surface area contributed by atoms with Crippen molar-refractivity contribution in [3.05, 3.63) is 29.8 Å².